The Kier molecular flexibility index (Phi) is 3.81. The van der Waals surface area contributed by atoms with E-state index in [-0.39, 0.29) is 5.54 Å². The fraction of sp³-hybridized carbons (Fsp3) is 0.462. The lowest BCUT2D eigenvalue weighted by molar-refractivity contribution is -0.115. The van der Waals surface area contributed by atoms with Crippen molar-refractivity contribution in [3.8, 4) is 0 Å². The second-order valence-electron chi connectivity index (χ2n) is 4.70. The molecule has 0 unspecified atom stereocenters. The molecule has 0 saturated heterocycles. The highest BCUT2D eigenvalue weighted by Gasteiger charge is 2.36. The molecule has 1 aliphatic rings. The number of carbonyl (C=O) groups excluding carboxylic acids is 1. The van der Waals surface area contributed by atoms with Gasteiger partial charge in [0.15, 0.2) is 0 Å². The maximum Gasteiger partial charge on any atom is 0.140 e. The summed E-state index contributed by atoms with van der Waals surface area (Å²) in [4.78, 5) is 12.1. The molecule has 0 spiro atoms. The Labute approximate surface area is 111 Å². The molecule has 2 nitrogen and oxygen atoms in total. The quantitative estimate of drug-likeness (QED) is 0.668. The average Bonchev–Trinajstić information content (AvgIpc) is 2.24. The van der Waals surface area contributed by atoms with Crippen LogP contribution in [0.1, 0.15) is 30.4 Å². The molecule has 2 rings (SSSR count). The molecule has 0 radical (unpaired) electrons. The number of carbonyl (C=O) groups is 1. The Hall–Kier alpha value is -0.510. The first-order valence-electron chi connectivity index (χ1n) is 5.73. The van der Waals surface area contributed by atoms with Crippen LogP contribution >= 0.6 is 23.5 Å². The molecule has 0 atom stereocenters. The van der Waals surface area contributed by atoms with Gasteiger partial charge in [0.1, 0.15) is 6.29 Å². The van der Waals surface area contributed by atoms with E-state index < -0.39 is 0 Å². The van der Waals surface area contributed by atoms with Gasteiger partial charge in [0.05, 0.1) is 5.54 Å². The maximum absolute atomic E-state index is 11.0. The molecule has 4 heteroatoms. The predicted molar refractivity (Wildman–Crippen MR) is 72.6 cm³/mol. The van der Waals surface area contributed by atoms with Crippen LogP contribution in [0.2, 0.25) is 5.02 Å². The number of nitrogens with one attached hydrogen (secondary N) is 1. The van der Waals surface area contributed by atoms with Gasteiger partial charge in [0.25, 0.3) is 0 Å². The monoisotopic (exact) mass is 269 g/mol. The van der Waals surface area contributed by atoms with Crippen LogP contribution in [0.3, 0.4) is 0 Å². The van der Waals surface area contributed by atoms with Gasteiger partial charge in [-0.3, -0.25) is 0 Å². The van der Waals surface area contributed by atoms with Crippen molar-refractivity contribution >= 4 is 29.8 Å². The minimum Gasteiger partial charge on any atom is -0.301 e. The van der Waals surface area contributed by atoms with Crippen LogP contribution < -0.4 is 4.72 Å². The highest BCUT2D eigenvalue weighted by molar-refractivity contribution is 7.97. The van der Waals surface area contributed by atoms with Crippen LogP contribution in [0.5, 0.6) is 0 Å². The summed E-state index contributed by atoms with van der Waals surface area (Å²) in [5, 5.41) is 0.772. The van der Waals surface area contributed by atoms with Gasteiger partial charge in [-0.1, -0.05) is 17.7 Å². The third-order valence-electron chi connectivity index (χ3n) is 3.29. The van der Waals surface area contributed by atoms with Crippen molar-refractivity contribution in [1.82, 2.24) is 4.72 Å². The van der Waals surface area contributed by atoms with Crippen molar-refractivity contribution in [1.29, 1.82) is 0 Å². The molecule has 0 aromatic heterocycles. The van der Waals surface area contributed by atoms with Crippen LogP contribution in [0.4, 0.5) is 0 Å². The van der Waals surface area contributed by atoms with Crippen molar-refractivity contribution in [2.45, 2.75) is 43.5 Å². The van der Waals surface area contributed by atoms with Crippen LogP contribution in [0.15, 0.2) is 17.0 Å². The second-order valence-corrected chi connectivity index (χ2v) is 5.95. The van der Waals surface area contributed by atoms with E-state index >= 15 is 0 Å². The summed E-state index contributed by atoms with van der Waals surface area (Å²) in [5.41, 5.74) is 1.96. The molecule has 92 valence electrons. The zero-order chi connectivity index (χ0) is 12.5. The predicted octanol–water partition coefficient (Wildman–Crippen LogP) is 3.68. The van der Waals surface area contributed by atoms with Gasteiger partial charge in [0, 0.05) is 9.92 Å². The van der Waals surface area contributed by atoms with Gasteiger partial charge in [-0.05, 0) is 62.3 Å². The van der Waals surface area contributed by atoms with E-state index in [4.69, 9.17) is 11.6 Å². The standard InChI is InChI=1S/C13H16ClNOS/c1-9-6-10(2)12(7-11(9)14)17-15-13(8-16)4-3-5-13/h6-8,15H,3-5H2,1-2H3. The molecule has 0 bridgehead atoms. The first-order valence-corrected chi connectivity index (χ1v) is 6.93. The summed E-state index contributed by atoms with van der Waals surface area (Å²) in [6, 6.07) is 4.03. The highest BCUT2D eigenvalue weighted by Crippen LogP contribution is 2.35. The lowest BCUT2D eigenvalue weighted by Gasteiger charge is -2.37. The van der Waals surface area contributed by atoms with Crippen molar-refractivity contribution < 1.29 is 4.79 Å². The molecule has 1 fully saturated rings. The third-order valence-corrected chi connectivity index (χ3v) is 4.87. The van der Waals surface area contributed by atoms with Crippen molar-refractivity contribution in [3.63, 3.8) is 0 Å². The molecular formula is C13H16ClNOS. The molecule has 17 heavy (non-hydrogen) atoms. The number of halogens is 1. The van der Waals surface area contributed by atoms with Crippen LogP contribution in [0.25, 0.3) is 0 Å². The summed E-state index contributed by atoms with van der Waals surface area (Å²) in [6.45, 7) is 4.05. The van der Waals surface area contributed by atoms with Crippen LogP contribution in [-0.4, -0.2) is 11.8 Å². The number of rotatable bonds is 4. The molecule has 1 aromatic rings. The lowest BCUT2D eigenvalue weighted by Crippen LogP contribution is -2.49. The van der Waals surface area contributed by atoms with Gasteiger partial charge < -0.3 is 4.79 Å². The zero-order valence-corrected chi connectivity index (χ0v) is 11.6. The molecule has 1 saturated carbocycles. The van der Waals surface area contributed by atoms with Crippen LogP contribution in [-0.2, 0) is 4.79 Å². The van der Waals surface area contributed by atoms with E-state index in [2.05, 4.69) is 17.7 Å². The number of aryl methyl sites for hydroxylation is 2. The van der Waals surface area contributed by atoms with E-state index in [1.807, 2.05) is 13.0 Å². The first-order chi connectivity index (χ1) is 8.06. The van der Waals surface area contributed by atoms with E-state index in [1.165, 1.54) is 17.5 Å². The molecule has 0 heterocycles. The smallest absolute Gasteiger partial charge is 0.140 e. The van der Waals surface area contributed by atoms with Crippen LogP contribution in [0, 0.1) is 13.8 Å². The van der Waals surface area contributed by atoms with E-state index in [1.54, 1.807) is 0 Å². The first kappa shape index (κ1) is 12.9. The van der Waals surface area contributed by atoms with Gasteiger partial charge >= 0.3 is 0 Å². The Morgan fingerprint density at radius 3 is 2.59 bits per heavy atom. The molecule has 0 amide bonds. The van der Waals surface area contributed by atoms with Gasteiger partial charge in [-0.15, -0.1) is 0 Å². The number of benzene rings is 1. The molecule has 1 aromatic carbocycles. The van der Waals surface area contributed by atoms with E-state index in [0.717, 1.165) is 41.0 Å². The average molecular weight is 270 g/mol. The van der Waals surface area contributed by atoms with Crippen molar-refractivity contribution in [2.75, 3.05) is 0 Å². The van der Waals surface area contributed by atoms with Crippen molar-refractivity contribution in [3.05, 3.63) is 28.3 Å². The summed E-state index contributed by atoms with van der Waals surface area (Å²) >= 11 is 7.62. The fourth-order valence-corrected chi connectivity index (χ4v) is 3.07. The lowest BCUT2D eigenvalue weighted by atomic mass is 9.79. The molecular weight excluding hydrogens is 254 g/mol. The van der Waals surface area contributed by atoms with Gasteiger partial charge in [0.2, 0.25) is 0 Å². The minimum atomic E-state index is -0.311. The fourth-order valence-electron chi connectivity index (χ4n) is 1.88. The zero-order valence-electron chi connectivity index (χ0n) is 10.0. The van der Waals surface area contributed by atoms with E-state index in [0.29, 0.717) is 0 Å². The topological polar surface area (TPSA) is 29.1 Å². The highest BCUT2D eigenvalue weighted by atomic mass is 35.5. The number of aldehydes is 1. The molecule has 0 aliphatic heterocycles. The molecule has 1 N–H and O–H groups in total. The SMILES string of the molecule is Cc1cc(C)c(SNC2(C=O)CCC2)cc1Cl. The molecule has 1 aliphatic carbocycles. The van der Waals surface area contributed by atoms with Crippen molar-refractivity contribution in [2.24, 2.45) is 0 Å². The summed E-state index contributed by atoms with van der Waals surface area (Å²) in [7, 11) is 0. The Balaban J connectivity index is 2.08. The maximum atomic E-state index is 11.0. The summed E-state index contributed by atoms with van der Waals surface area (Å²) < 4.78 is 3.28. The largest absolute Gasteiger partial charge is 0.301 e. The Morgan fingerprint density at radius 2 is 2.06 bits per heavy atom. The summed E-state index contributed by atoms with van der Waals surface area (Å²) in [5.74, 6) is 0. The number of hydrogen-bond acceptors (Lipinski definition) is 3. The normalized spacial score (nSPS) is 17.6. The second kappa shape index (κ2) is 5.01. The summed E-state index contributed by atoms with van der Waals surface area (Å²) in [6.07, 6.45) is 4.03. The van der Waals surface area contributed by atoms with Gasteiger partial charge in [-0.2, -0.15) is 0 Å². The number of hydrogen-bond donors (Lipinski definition) is 1. The Morgan fingerprint density at radius 1 is 1.35 bits per heavy atom. The Bertz CT molecular complexity index is 443. The van der Waals surface area contributed by atoms with Gasteiger partial charge in [-0.25, -0.2) is 4.72 Å². The minimum absolute atomic E-state index is 0.311. The van der Waals surface area contributed by atoms with E-state index in [9.17, 15) is 4.79 Å². The third kappa shape index (κ3) is 2.67.